The standard InChI is InChI=1S/C9H17N3O3/c1-11-9(14)15-6-2-5-12-8(7-13)3-4-10/h8,12-13H,2-3,5-7H2,1H3,(H,11,14). The highest BCUT2D eigenvalue weighted by Crippen LogP contribution is 1.89. The summed E-state index contributed by atoms with van der Waals surface area (Å²) in [6, 6.07) is 1.77. The predicted octanol–water partition coefficient (Wildman–Crippen LogP) is -0.403. The van der Waals surface area contributed by atoms with E-state index in [1.54, 1.807) is 0 Å². The summed E-state index contributed by atoms with van der Waals surface area (Å²) in [5, 5.41) is 22.5. The SMILES string of the molecule is CNC(=O)OCCCNC(CO)CC#N. The second kappa shape index (κ2) is 9.24. The van der Waals surface area contributed by atoms with Crippen molar-refractivity contribution >= 4 is 6.09 Å². The molecular weight excluding hydrogens is 198 g/mol. The van der Waals surface area contributed by atoms with Gasteiger partial charge in [0.1, 0.15) is 0 Å². The summed E-state index contributed by atoms with van der Waals surface area (Å²) < 4.78 is 4.75. The van der Waals surface area contributed by atoms with Gasteiger partial charge in [0.2, 0.25) is 0 Å². The summed E-state index contributed by atoms with van der Waals surface area (Å²) in [7, 11) is 1.50. The van der Waals surface area contributed by atoms with Gasteiger partial charge in [0.05, 0.1) is 25.7 Å². The lowest BCUT2D eigenvalue weighted by molar-refractivity contribution is 0.146. The molecule has 0 aliphatic rings. The number of amides is 1. The average molecular weight is 215 g/mol. The molecule has 1 amide bonds. The molecule has 0 aromatic rings. The van der Waals surface area contributed by atoms with Crippen LogP contribution in [0, 0.1) is 11.3 Å². The number of carbonyl (C=O) groups excluding carboxylic acids is 1. The zero-order chi connectivity index (χ0) is 11.5. The molecule has 6 heteroatoms. The van der Waals surface area contributed by atoms with Gasteiger partial charge < -0.3 is 20.5 Å². The monoisotopic (exact) mass is 215 g/mol. The number of ether oxygens (including phenoxy) is 1. The highest BCUT2D eigenvalue weighted by Gasteiger charge is 2.04. The van der Waals surface area contributed by atoms with Crippen LogP contribution in [-0.4, -0.2) is 44.0 Å². The average Bonchev–Trinajstić information content (AvgIpc) is 2.26. The van der Waals surface area contributed by atoms with Gasteiger partial charge in [-0.2, -0.15) is 5.26 Å². The van der Waals surface area contributed by atoms with Gasteiger partial charge in [0.25, 0.3) is 0 Å². The number of hydrogen-bond acceptors (Lipinski definition) is 5. The number of aliphatic hydroxyl groups is 1. The molecule has 86 valence electrons. The first-order valence-electron chi connectivity index (χ1n) is 4.80. The van der Waals surface area contributed by atoms with Gasteiger partial charge in [-0.1, -0.05) is 0 Å². The van der Waals surface area contributed by atoms with Crippen molar-refractivity contribution < 1.29 is 14.6 Å². The van der Waals surface area contributed by atoms with Crippen LogP contribution in [0.2, 0.25) is 0 Å². The number of nitrogens with one attached hydrogen (secondary N) is 2. The predicted molar refractivity (Wildman–Crippen MR) is 54.1 cm³/mol. The molecule has 0 rings (SSSR count). The molecule has 0 heterocycles. The fourth-order valence-corrected chi connectivity index (χ4v) is 0.927. The molecule has 0 aromatic heterocycles. The molecule has 0 radical (unpaired) electrons. The van der Waals surface area contributed by atoms with E-state index in [4.69, 9.17) is 15.1 Å². The number of hydrogen-bond donors (Lipinski definition) is 3. The number of carbonyl (C=O) groups is 1. The van der Waals surface area contributed by atoms with Gasteiger partial charge in [-0.15, -0.1) is 0 Å². The first kappa shape index (κ1) is 13.7. The van der Waals surface area contributed by atoms with E-state index in [2.05, 4.69) is 10.6 Å². The molecule has 6 nitrogen and oxygen atoms in total. The number of rotatable bonds is 7. The molecule has 0 aromatic carbocycles. The van der Waals surface area contributed by atoms with Crippen LogP contribution in [0.25, 0.3) is 0 Å². The highest BCUT2D eigenvalue weighted by atomic mass is 16.5. The molecule has 0 aliphatic heterocycles. The zero-order valence-electron chi connectivity index (χ0n) is 8.82. The highest BCUT2D eigenvalue weighted by molar-refractivity contribution is 5.66. The third-order valence-electron chi connectivity index (χ3n) is 1.75. The molecule has 0 spiro atoms. The Morgan fingerprint density at radius 2 is 2.40 bits per heavy atom. The summed E-state index contributed by atoms with van der Waals surface area (Å²) in [4.78, 5) is 10.6. The van der Waals surface area contributed by atoms with Crippen molar-refractivity contribution in [3.8, 4) is 6.07 Å². The van der Waals surface area contributed by atoms with Crippen molar-refractivity contribution in [1.29, 1.82) is 5.26 Å². The Morgan fingerprint density at radius 1 is 1.67 bits per heavy atom. The normalized spacial score (nSPS) is 11.5. The van der Waals surface area contributed by atoms with Crippen LogP contribution in [0.5, 0.6) is 0 Å². The van der Waals surface area contributed by atoms with Gasteiger partial charge in [-0.05, 0) is 13.0 Å². The number of nitrogens with zero attached hydrogens (tertiary/aromatic N) is 1. The zero-order valence-corrected chi connectivity index (χ0v) is 8.82. The van der Waals surface area contributed by atoms with Crippen LogP contribution in [0.1, 0.15) is 12.8 Å². The molecule has 1 unspecified atom stereocenters. The van der Waals surface area contributed by atoms with E-state index >= 15 is 0 Å². The summed E-state index contributed by atoms with van der Waals surface area (Å²) in [6.07, 6.45) is 0.466. The topological polar surface area (TPSA) is 94.4 Å². The quantitative estimate of drug-likeness (QED) is 0.502. The van der Waals surface area contributed by atoms with E-state index in [1.807, 2.05) is 6.07 Å². The first-order valence-corrected chi connectivity index (χ1v) is 4.80. The lowest BCUT2D eigenvalue weighted by atomic mass is 10.2. The largest absolute Gasteiger partial charge is 0.450 e. The molecule has 1 atom stereocenters. The van der Waals surface area contributed by atoms with Crippen LogP contribution in [0.3, 0.4) is 0 Å². The third-order valence-corrected chi connectivity index (χ3v) is 1.75. The Hall–Kier alpha value is -1.32. The van der Waals surface area contributed by atoms with E-state index in [1.165, 1.54) is 7.05 Å². The summed E-state index contributed by atoms with van der Waals surface area (Å²) in [6.45, 7) is 0.852. The van der Waals surface area contributed by atoms with Gasteiger partial charge in [0.15, 0.2) is 0 Å². The smallest absolute Gasteiger partial charge is 0.406 e. The van der Waals surface area contributed by atoms with Crippen molar-refractivity contribution in [1.82, 2.24) is 10.6 Å². The van der Waals surface area contributed by atoms with Crippen molar-refractivity contribution in [3.05, 3.63) is 0 Å². The second-order valence-corrected chi connectivity index (χ2v) is 2.94. The van der Waals surface area contributed by atoms with E-state index in [0.29, 0.717) is 19.6 Å². The molecule has 0 saturated carbocycles. The minimum atomic E-state index is -0.453. The van der Waals surface area contributed by atoms with Crippen LogP contribution >= 0.6 is 0 Å². The van der Waals surface area contributed by atoms with Gasteiger partial charge in [-0.25, -0.2) is 4.79 Å². The summed E-state index contributed by atoms with van der Waals surface area (Å²) in [5.41, 5.74) is 0. The fraction of sp³-hybridized carbons (Fsp3) is 0.778. The van der Waals surface area contributed by atoms with E-state index in [9.17, 15) is 4.79 Å². The maximum Gasteiger partial charge on any atom is 0.406 e. The molecule has 0 fully saturated rings. The minimum Gasteiger partial charge on any atom is -0.450 e. The maximum absolute atomic E-state index is 10.6. The Bertz CT molecular complexity index is 215. The third kappa shape index (κ3) is 7.73. The molecule has 0 bridgehead atoms. The molecule has 0 saturated heterocycles. The maximum atomic E-state index is 10.6. The van der Waals surface area contributed by atoms with E-state index in [-0.39, 0.29) is 19.1 Å². The second-order valence-electron chi connectivity index (χ2n) is 2.94. The molecule has 15 heavy (non-hydrogen) atoms. The van der Waals surface area contributed by atoms with Crippen molar-refractivity contribution in [2.45, 2.75) is 18.9 Å². The Kier molecular flexibility index (Phi) is 8.43. The van der Waals surface area contributed by atoms with E-state index in [0.717, 1.165) is 0 Å². The van der Waals surface area contributed by atoms with Crippen LogP contribution < -0.4 is 10.6 Å². The Balaban J connectivity index is 3.37. The Morgan fingerprint density at radius 3 is 2.93 bits per heavy atom. The van der Waals surface area contributed by atoms with Gasteiger partial charge >= 0.3 is 6.09 Å². The molecule has 3 N–H and O–H groups in total. The number of nitriles is 1. The minimum absolute atomic E-state index is 0.0656. The number of aliphatic hydroxyl groups excluding tert-OH is 1. The van der Waals surface area contributed by atoms with Crippen molar-refractivity contribution in [3.63, 3.8) is 0 Å². The van der Waals surface area contributed by atoms with Crippen LogP contribution in [-0.2, 0) is 4.74 Å². The first-order chi connectivity index (χ1) is 7.24. The van der Waals surface area contributed by atoms with E-state index < -0.39 is 6.09 Å². The van der Waals surface area contributed by atoms with Crippen LogP contribution in [0.15, 0.2) is 0 Å². The van der Waals surface area contributed by atoms with Gasteiger partial charge in [0, 0.05) is 13.1 Å². The lowest BCUT2D eigenvalue weighted by Crippen LogP contribution is -2.33. The van der Waals surface area contributed by atoms with Crippen molar-refractivity contribution in [2.75, 3.05) is 26.8 Å². The fourth-order valence-electron chi connectivity index (χ4n) is 0.927. The van der Waals surface area contributed by atoms with Crippen LogP contribution in [0.4, 0.5) is 4.79 Å². The lowest BCUT2D eigenvalue weighted by Gasteiger charge is -2.12. The summed E-state index contributed by atoms with van der Waals surface area (Å²) >= 11 is 0. The number of alkyl carbamates (subject to hydrolysis) is 1. The van der Waals surface area contributed by atoms with Crippen molar-refractivity contribution in [2.24, 2.45) is 0 Å². The van der Waals surface area contributed by atoms with Gasteiger partial charge in [-0.3, -0.25) is 0 Å². The molecule has 0 aliphatic carbocycles. The Labute approximate surface area is 89.2 Å². The molecular formula is C9H17N3O3. The summed E-state index contributed by atoms with van der Waals surface area (Å²) in [5.74, 6) is 0.